The molecule has 0 atom stereocenters. The first kappa shape index (κ1) is 22.0. The van der Waals surface area contributed by atoms with Crippen molar-refractivity contribution in [1.82, 2.24) is 20.2 Å². The lowest BCUT2D eigenvalue weighted by Gasteiger charge is -2.15. The number of hydrogen-bond acceptors (Lipinski definition) is 6. The average molecular weight is 450 g/mol. The van der Waals surface area contributed by atoms with Gasteiger partial charge in [0.2, 0.25) is 0 Å². The predicted molar refractivity (Wildman–Crippen MR) is 121 cm³/mol. The summed E-state index contributed by atoms with van der Waals surface area (Å²) in [5.41, 5.74) is 1.43. The van der Waals surface area contributed by atoms with Gasteiger partial charge in [0.25, 0.3) is 0 Å². The molecule has 3 N–H and O–H groups in total. The third-order valence-electron chi connectivity index (χ3n) is 4.43. The molecule has 10 heteroatoms. The maximum Gasteiger partial charge on any atom is 0.324 e. The van der Waals surface area contributed by atoms with Crippen LogP contribution in [0.3, 0.4) is 0 Å². The van der Waals surface area contributed by atoms with E-state index in [0.29, 0.717) is 23.0 Å². The number of benzene rings is 1. The van der Waals surface area contributed by atoms with Gasteiger partial charge in [-0.05, 0) is 30.0 Å². The molecule has 3 heterocycles. The van der Waals surface area contributed by atoms with Crippen molar-refractivity contribution in [3.8, 4) is 23.0 Å². The van der Waals surface area contributed by atoms with Gasteiger partial charge in [-0.1, -0.05) is 20.8 Å². The van der Waals surface area contributed by atoms with E-state index < -0.39 is 11.8 Å². The Balaban J connectivity index is 1.38. The molecule has 33 heavy (non-hydrogen) atoms. The van der Waals surface area contributed by atoms with Crippen LogP contribution >= 0.6 is 0 Å². The van der Waals surface area contributed by atoms with Gasteiger partial charge in [-0.2, -0.15) is 5.10 Å². The molecular weight excluding hydrogens is 427 g/mol. The van der Waals surface area contributed by atoms with Crippen LogP contribution in [-0.2, 0) is 6.42 Å². The summed E-state index contributed by atoms with van der Waals surface area (Å²) >= 11 is 0. The van der Waals surface area contributed by atoms with Crippen molar-refractivity contribution in [2.75, 3.05) is 10.6 Å². The van der Waals surface area contributed by atoms with Crippen molar-refractivity contribution >= 4 is 17.5 Å². The fraction of sp³-hybridized carbons (Fsp3) is 0.217. The highest BCUT2D eigenvalue weighted by molar-refractivity contribution is 5.99. The topological polar surface area (TPSA) is 118 Å². The van der Waals surface area contributed by atoms with Crippen LogP contribution in [0.2, 0.25) is 0 Å². The quantitative estimate of drug-likeness (QED) is 0.351. The molecule has 0 saturated carbocycles. The largest absolute Gasteiger partial charge is 0.457 e. The number of oxazole rings is 1. The number of aromatic nitrogens is 4. The summed E-state index contributed by atoms with van der Waals surface area (Å²) in [7, 11) is 0. The van der Waals surface area contributed by atoms with E-state index in [0.717, 1.165) is 12.1 Å². The van der Waals surface area contributed by atoms with E-state index >= 15 is 0 Å². The number of pyridine rings is 1. The molecule has 0 aliphatic carbocycles. The van der Waals surface area contributed by atoms with Crippen molar-refractivity contribution in [3.05, 3.63) is 66.7 Å². The number of H-pyrrole nitrogens is 1. The summed E-state index contributed by atoms with van der Waals surface area (Å²) in [4.78, 5) is 20.3. The van der Waals surface area contributed by atoms with Gasteiger partial charge in [0.1, 0.15) is 28.8 Å². The number of urea groups is 1. The van der Waals surface area contributed by atoms with Gasteiger partial charge in [-0.25, -0.2) is 14.2 Å². The first-order valence-electron chi connectivity index (χ1n) is 10.2. The van der Waals surface area contributed by atoms with E-state index in [9.17, 15) is 9.18 Å². The maximum absolute atomic E-state index is 14.6. The average Bonchev–Trinajstić information content (AvgIpc) is 3.41. The molecule has 0 aliphatic rings. The zero-order valence-electron chi connectivity index (χ0n) is 18.3. The number of carbonyl (C=O) groups excluding carboxylic acids is 1. The molecule has 0 aliphatic heterocycles. The highest BCUT2D eigenvalue weighted by atomic mass is 19.1. The molecule has 2 amide bonds. The number of ether oxygens (including phenoxy) is 1. The van der Waals surface area contributed by atoms with Crippen LogP contribution < -0.4 is 15.4 Å². The minimum atomic E-state index is -0.648. The second-order valence-corrected chi connectivity index (χ2v) is 8.58. The number of anilines is 2. The second-order valence-electron chi connectivity index (χ2n) is 8.58. The van der Waals surface area contributed by atoms with Gasteiger partial charge in [0.05, 0.1) is 17.6 Å². The summed E-state index contributed by atoms with van der Waals surface area (Å²) in [6.45, 7) is 6.30. The molecule has 1 aromatic carbocycles. The molecular formula is C23H23FN6O3. The van der Waals surface area contributed by atoms with Gasteiger partial charge in [0, 0.05) is 24.4 Å². The van der Waals surface area contributed by atoms with Crippen molar-refractivity contribution in [1.29, 1.82) is 0 Å². The lowest BCUT2D eigenvalue weighted by atomic mass is 9.91. The Morgan fingerprint density at radius 2 is 1.97 bits per heavy atom. The first-order chi connectivity index (χ1) is 15.7. The van der Waals surface area contributed by atoms with Crippen LogP contribution in [0, 0.1) is 11.2 Å². The number of aromatic amines is 1. The van der Waals surface area contributed by atoms with Gasteiger partial charge < -0.3 is 14.5 Å². The lowest BCUT2D eigenvalue weighted by molar-refractivity contribution is 0.262. The highest BCUT2D eigenvalue weighted by Crippen LogP contribution is 2.28. The smallest absolute Gasteiger partial charge is 0.324 e. The molecule has 0 unspecified atom stereocenters. The minimum absolute atomic E-state index is 0.00589. The SMILES string of the molecule is CC(C)(C)Cc1cc(NC(=O)Nc2ccc(Oc3ccnc(-c4cnco4)c3)cc2F)[nH]n1. The van der Waals surface area contributed by atoms with Crippen LogP contribution in [-0.4, -0.2) is 26.2 Å². The zero-order chi connectivity index (χ0) is 23.4. The number of amides is 2. The summed E-state index contributed by atoms with van der Waals surface area (Å²) < 4.78 is 25.5. The van der Waals surface area contributed by atoms with Gasteiger partial charge in [0.15, 0.2) is 12.2 Å². The number of halogens is 1. The number of carbonyl (C=O) groups is 1. The third kappa shape index (κ3) is 5.94. The molecule has 0 bridgehead atoms. The molecule has 0 radical (unpaired) electrons. The Hall–Kier alpha value is -4.21. The number of rotatable bonds is 6. The Labute approximate surface area is 189 Å². The van der Waals surface area contributed by atoms with Crippen LogP contribution in [0.4, 0.5) is 20.7 Å². The zero-order valence-corrected chi connectivity index (χ0v) is 18.3. The van der Waals surface area contributed by atoms with E-state index in [1.54, 1.807) is 30.5 Å². The van der Waals surface area contributed by atoms with Crippen LogP contribution in [0.15, 0.2) is 59.6 Å². The van der Waals surface area contributed by atoms with E-state index in [1.165, 1.54) is 24.7 Å². The fourth-order valence-corrected chi connectivity index (χ4v) is 3.09. The molecule has 9 nitrogen and oxygen atoms in total. The van der Waals surface area contributed by atoms with E-state index in [2.05, 4.69) is 51.6 Å². The molecule has 0 spiro atoms. The molecule has 170 valence electrons. The maximum atomic E-state index is 14.6. The standard InChI is InChI=1S/C23H23FN6O3/c1-23(2,3)11-14-8-21(30-29-14)28-22(31)27-18-5-4-15(9-17(18)24)33-16-6-7-26-19(10-16)20-12-25-13-32-20/h4-10,12-13H,11H2,1-3H3,(H3,27,28,29,30,31). The Kier molecular flexibility index (Phi) is 6.07. The van der Waals surface area contributed by atoms with Crippen LogP contribution in [0.25, 0.3) is 11.5 Å². The van der Waals surface area contributed by atoms with E-state index in [-0.39, 0.29) is 16.9 Å². The molecule has 4 aromatic rings. The summed E-state index contributed by atoms with van der Waals surface area (Å²) in [5.74, 6) is 0.964. The van der Waals surface area contributed by atoms with Crippen molar-refractivity contribution in [2.24, 2.45) is 5.41 Å². The highest BCUT2D eigenvalue weighted by Gasteiger charge is 2.15. The van der Waals surface area contributed by atoms with Crippen molar-refractivity contribution in [3.63, 3.8) is 0 Å². The van der Waals surface area contributed by atoms with E-state index in [1.807, 2.05) is 0 Å². The van der Waals surface area contributed by atoms with E-state index in [4.69, 9.17) is 9.15 Å². The normalized spacial score (nSPS) is 11.3. The third-order valence-corrected chi connectivity index (χ3v) is 4.43. The monoisotopic (exact) mass is 450 g/mol. The fourth-order valence-electron chi connectivity index (χ4n) is 3.09. The van der Waals surface area contributed by atoms with Gasteiger partial charge in [-0.15, -0.1) is 0 Å². The number of hydrogen-bond donors (Lipinski definition) is 3. The van der Waals surface area contributed by atoms with Crippen molar-refractivity contribution in [2.45, 2.75) is 27.2 Å². The molecule has 0 fully saturated rings. The Bertz CT molecular complexity index is 1250. The first-order valence-corrected chi connectivity index (χ1v) is 10.2. The molecule has 0 saturated heterocycles. The van der Waals surface area contributed by atoms with Crippen molar-refractivity contribution < 1.29 is 18.3 Å². The Morgan fingerprint density at radius 1 is 1.15 bits per heavy atom. The summed E-state index contributed by atoms with van der Waals surface area (Å²) in [6.07, 6.45) is 5.14. The Morgan fingerprint density at radius 3 is 2.70 bits per heavy atom. The van der Waals surface area contributed by atoms with Gasteiger partial charge in [-0.3, -0.25) is 15.4 Å². The molecule has 3 aromatic heterocycles. The molecule has 4 rings (SSSR count). The lowest BCUT2D eigenvalue weighted by Crippen LogP contribution is -2.20. The summed E-state index contributed by atoms with van der Waals surface area (Å²) in [6, 6.07) is 8.58. The second kappa shape index (κ2) is 9.11. The summed E-state index contributed by atoms with van der Waals surface area (Å²) in [5, 5.41) is 12.0. The van der Waals surface area contributed by atoms with Crippen LogP contribution in [0.5, 0.6) is 11.5 Å². The predicted octanol–water partition coefficient (Wildman–Crippen LogP) is 5.62. The number of nitrogens with zero attached hydrogens (tertiary/aromatic N) is 3. The number of nitrogens with one attached hydrogen (secondary N) is 3. The minimum Gasteiger partial charge on any atom is -0.457 e. The van der Waals surface area contributed by atoms with Gasteiger partial charge >= 0.3 is 6.03 Å². The van der Waals surface area contributed by atoms with Crippen LogP contribution in [0.1, 0.15) is 26.5 Å².